The Balaban J connectivity index is 1.69. The van der Waals surface area contributed by atoms with Gasteiger partial charge in [0.2, 0.25) is 15.9 Å². The number of hydrogen-bond acceptors (Lipinski definition) is 3. The van der Waals surface area contributed by atoms with Crippen molar-refractivity contribution >= 4 is 15.9 Å². The van der Waals surface area contributed by atoms with E-state index in [0.29, 0.717) is 32.0 Å². The Morgan fingerprint density at radius 2 is 1.91 bits per heavy atom. The molecule has 0 bridgehead atoms. The molecule has 1 fully saturated rings. The fourth-order valence-corrected chi connectivity index (χ4v) is 3.80. The Morgan fingerprint density at radius 3 is 2.52 bits per heavy atom. The minimum absolute atomic E-state index is 0.0683. The number of carbonyl (C=O) groups excluding carboxylic acids is 1. The average molecular weight is 338 g/mol. The number of sulfonamides is 1. The molecule has 1 saturated heterocycles. The van der Waals surface area contributed by atoms with Crippen molar-refractivity contribution in [2.45, 2.75) is 32.6 Å². The van der Waals surface area contributed by atoms with Crippen LogP contribution in [0.25, 0.3) is 0 Å². The first-order valence-corrected chi connectivity index (χ1v) is 9.97. The van der Waals surface area contributed by atoms with E-state index in [9.17, 15) is 13.2 Å². The number of carbonyl (C=O) groups is 1. The van der Waals surface area contributed by atoms with Crippen LogP contribution >= 0.6 is 0 Å². The van der Waals surface area contributed by atoms with Gasteiger partial charge in [-0.3, -0.25) is 4.79 Å². The summed E-state index contributed by atoms with van der Waals surface area (Å²) in [5.41, 5.74) is 2.43. The lowest BCUT2D eigenvalue weighted by Crippen LogP contribution is -2.41. The SMILES string of the molecule is Cc1ccccc1CCC(=O)NCC1CCN(S(C)(=O)=O)CC1. The van der Waals surface area contributed by atoms with Crippen molar-refractivity contribution in [1.82, 2.24) is 9.62 Å². The highest BCUT2D eigenvalue weighted by atomic mass is 32.2. The van der Waals surface area contributed by atoms with Crippen LogP contribution in [0.4, 0.5) is 0 Å². The minimum atomic E-state index is -3.08. The summed E-state index contributed by atoms with van der Waals surface area (Å²) in [5.74, 6) is 0.439. The number of hydrogen-bond donors (Lipinski definition) is 1. The molecule has 0 atom stereocenters. The summed E-state index contributed by atoms with van der Waals surface area (Å²) < 4.78 is 24.4. The van der Waals surface area contributed by atoms with Gasteiger partial charge in [-0.1, -0.05) is 24.3 Å². The first kappa shape index (κ1) is 17.9. The van der Waals surface area contributed by atoms with Crippen molar-refractivity contribution in [2.24, 2.45) is 5.92 Å². The zero-order valence-corrected chi connectivity index (χ0v) is 14.7. The van der Waals surface area contributed by atoms with Crippen LogP contribution in [0.15, 0.2) is 24.3 Å². The maximum absolute atomic E-state index is 12.0. The molecule has 0 aliphatic carbocycles. The van der Waals surface area contributed by atoms with Crippen LogP contribution in [-0.2, 0) is 21.2 Å². The molecule has 1 aromatic carbocycles. The van der Waals surface area contributed by atoms with Gasteiger partial charge in [0.1, 0.15) is 0 Å². The standard InChI is InChI=1S/C17H26N2O3S/c1-14-5-3-4-6-16(14)7-8-17(20)18-13-15-9-11-19(12-10-15)23(2,21)22/h3-6,15H,7-13H2,1-2H3,(H,18,20). The fourth-order valence-electron chi connectivity index (χ4n) is 2.93. The summed E-state index contributed by atoms with van der Waals surface area (Å²) in [4.78, 5) is 12.0. The molecule has 23 heavy (non-hydrogen) atoms. The Bertz CT molecular complexity index is 635. The Labute approximate surface area is 139 Å². The summed E-state index contributed by atoms with van der Waals surface area (Å²) in [7, 11) is -3.08. The summed E-state index contributed by atoms with van der Waals surface area (Å²) in [6.45, 7) is 3.82. The third kappa shape index (κ3) is 5.62. The molecule has 6 heteroatoms. The van der Waals surface area contributed by atoms with Gasteiger partial charge < -0.3 is 5.32 Å². The number of rotatable bonds is 6. The quantitative estimate of drug-likeness (QED) is 0.859. The monoisotopic (exact) mass is 338 g/mol. The molecule has 1 N–H and O–H groups in total. The van der Waals surface area contributed by atoms with Crippen LogP contribution in [0.3, 0.4) is 0 Å². The number of amides is 1. The van der Waals surface area contributed by atoms with E-state index in [4.69, 9.17) is 0 Å². The van der Waals surface area contributed by atoms with Crippen LogP contribution in [0.5, 0.6) is 0 Å². The second-order valence-electron chi connectivity index (χ2n) is 6.34. The average Bonchev–Trinajstić information content (AvgIpc) is 2.51. The molecule has 0 spiro atoms. The van der Waals surface area contributed by atoms with Crippen molar-refractivity contribution in [3.8, 4) is 0 Å². The smallest absolute Gasteiger partial charge is 0.220 e. The molecule has 0 saturated carbocycles. The topological polar surface area (TPSA) is 66.5 Å². The van der Waals surface area contributed by atoms with E-state index >= 15 is 0 Å². The number of nitrogens with one attached hydrogen (secondary N) is 1. The van der Waals surface area contributed by atoms with E-state index in [1.165, 1.54) is 21.7 Å². The zero-order valence-electron chi connectivity index (χ0n) is 13.9. The van der Waals surface area contributed by atoms with E-state index in [0.717, 1.165) is 19.3 Å². The molecule has 1 aliphatic rings. The lowest BCUT2D eigenvalue weighted by Gasteiger charge is -2.30. The molecule has 1 amide bonds. The van der Waals surface area contributed by atoms with Gasteiger partial charge in [-0.15, -0.1) is 0 Å². The molecule has 0 radical (unpaired) electrons. The molecular formula is C17H26N2O3S. The van der Waals surface area contributed by atoms with Crippen LogP contribution < -0.4 is 5.32 Å². The summed E-state index contributed by atoms with van der Waals surface area (Å²) in [6.07, 6.45) is 4.12. The summed E-state index contributed by atoms with van der Waals surface area (Å²) in [5, 5.41) is 2.99. The van der Waals surface area contributed by atoms with E-state index in [2.05, 4.69) is 24.4 Å². The number of nitrogens with zero attached hydrogens (tertiary/aromatic N) is 1. The van der Waals surface area contributed by atoms with Crippen LogP contribution in [-0.4, -0.2) is 44.5 Å². The van der Waals surface area contributed by atoms with Crippen molar-refractivity contribution in [3.63, 3.8) is 0 Å². The van der Waals surface area contributed by atoms with Gasteiger partial charge in [0, 0.05) is 26.1 Å². The van der Waals surface area contributed by atoms with Crippen LogP contribution in [0, 0.1) is 12.8 Å². The van der Waals surface area contributed by atoms with Gasteiger partial charge in [0.15, 0.2) is 0 Å². The molecule has 5 nitrogen and oxygen atoms in total. The van der Waals surface area contributed by atoms with Gasteiger partial charge in [-0.25, -0.2) is 12.7 Å². The Morgan fingerprint density at radius 1 is 1.26 bits per heavy atom. The predicted octanol–water partition coefficient (Wildman–Crippen LogP) is 1.72. The third-order valence-corrected chi connectivity index (χ3v) is 5.82. The van der Waals surface area contributed by atoms with Gasteiger partial charge >= 0.3 is 0 Å². The summed E-state index contributed by atoms with van der Waals surface area (Å²) >= 11 is 0. The molecule has 1 aromatic rings. The van der Waals surface area contributed by atoms with E-state index < -0.39 is 10.0 Å². The lowest BCUT2D eigenvalue weighted by atomic mass is 9.98. The Kier molecular flexibility index (Phi) is 6.18. The maximum Gasteiger partial charge on any atom is 0.220 e. The predicted molar refractivity (Wildman–Crippen MR) is 91.7 cm³/mol. The molecular weight excluding hydrogens is 312 g/mol. The third-order valence-electron chi connectivity index (χ3n) is 4.51. The molecule has 0 unspecified atom stereocenters. The molecule has 2 rings (SSSR count). The second-order valence-corrected chi connectivity index (χ2v) is 8.32. The van der Waals surface area contributed by atoms with Crippen molar-refractivity contribution in [3.05, 3.63) is 35.4 Å². The molecule has 1 aliphatic heterocycles. The summed E-state index contributed by atoms with van der Waals surface area (Å²) in [6, 6.07) is 8.11. The van der Waals surface area contributed by atoms with Crippen molar-refractivity contribution < 1.29 is 13.2 Å². The molecule has 1 heterocycles. The first-order chi connectivity index (χ1) is 10.9. The van der Waals surface area contributed by atoms with Gasteiger partial charge in [-0.05, 0) is 43.2 Å². The Hall–Kier alpha value is -1.40. The van der Waals surface area contributed by atoms with E-state index in [1.807, 2.05) is 12.1 Å². The van der Waals surface area contributed by atoms with E-state index in [1.54, 1.807) is 0 Å². The number of aryl methyl sites for hydroxylation is 2. The van der Waals surface area contributed by atoms with Gasteiger partial charge in [0.25, 0.3) is 0 Å². The van der Waals surface area contributed by atoms with Crippen LogP contribution in [0.1, 0.15) is 30.4 Å². The van der Waals surface area contributed by atoms with Crippen molar-refractivity contribution in [2.75, 3.05) is 25.9 Å². The second kappa shape index (κ2) is 7.93. The number of piperidine rings is 1. The molecule has 0 aromatic heterocycles. The zero-order chi connectivity index (χ0) is 16.9. The normalized spacial score (nSPS) is 17.1. The van der Waals surface area contributed by atoms with Gasteiger partial charge in [-0.2, -0.15) is 0 Å². The van der Waals surface area contributed by atoms with E-state index in [-0.39, 0.29) is 5.91 Å². The highest BCUT2D eigenvalue weighted by molar-refractivity contribution is 7.88. The van der Waals surface area contributed by atoms with Gasteiger partial charge in [0.05, 0.1) is 6.26 Å². The molecule has 128 valence electrons. The highest BCUT2D eigenvalue weighted by Crippen LogP contribution is 2.18. The minimum Gasteiger partial charge on any atom is -0.356 e. The van der Waals surface area contributed by atoms with Crippen LogP contribution in [0.2, 0.25) is 0 Å². The maximum atomic E-state index is 12.0. The largest absolute Gasteiger partial charge is 0.356 e. The highest BCUT2D eigenvalue weighted by Gasteiger charge is 2.24. The number of benzene rings is 1. The lowest BCUT2D eigenvalue weighted by molar-refractivity contribution is -0.121. The van der Waals surface area contributed by atoms with Crippen molar-refractivity contribution in [1.29, 1.82) is 0 Å². The fraction of sp³-hybridized carbons (Fsp3) is 0.588. The first-order valence-electron chi connectivity index (χ1n) is 8.12.